The van der Waals surface area contributed by atoms with Crippen LogP contribution in [-0.4, -0.2) is 28.1 Å². The van der Waals surface area contributed by atoms with Crippen LogP contribution in [0.15, 0.2) is 24.3 Å². The smallest absolute Gasteiger partial charge is 0.0951 e. The van der Waals surface area contributed by atoms with E-state index in [9.17, 15) is 5.11 Å². The summed E-state index contributed by atoms with van der Waals surface area (Å²) in [7, 11) is 0. The molecule has 1 aliphatic heterocycles. The van der Waals surface area contributed by atoms with Crippen LogP contribution in [0.25, 0.3) is 0 Å². The van der Waals surface area contributed by atoms with Crippen molar-refractivity contribution in [1.29, 1.82) is 0 Å². The highest BCUT2D eigenvalue weighted by atomic mass is 16.3. The maximum Gasteiger partial charge on any atom is 0.0951 e. The maximum absolute atomic E-state index is 10.6. The normalized spacial score (nSPS) is 36.6. The zero-order valence-electron chi connectivity index (χ0n) is 11.3. The van der Waals surface area contributed by atoms with E-state index in [2.05, 4.69) is 36.9 Å². The average molecular weight is 245 g/mol. The minimum absolute atomic E-state index is 0.285. The Kier molecular flexibility index (Phi) is 3.16. The number of hydrogen-bond donors (Lipinski definition) is 1. The quantitative estimate of drug-likeness (QED) is 0.822. The van der Waals surface area contributed by atoms with E-state index < -0.39 is 0 Å². The summed E-state index contributed by atoms with van der Waals surface area (Å²) in [5, 5.41) is 10.6. The van der Waals surface area contributed by atoms with Gasteiger partial charge in [0.15, 0.2) is 0 Å². The lowest BCUT2D eigenvalue weighted by molar-refractivity contribution is -0.00749. The lowest BCUT2D eigenvalue weighted by atomic mass is 9.93. The van der Waals surface area contributed by atoms with E-state index in [1.54, 1.807) is 0 Å². The molecule has 4 atom stereocenters. The van der Waals surface area contributed by atoms with Gasteiger partial charge in [0.1, 0.15) is 0 Å². The Hall–Kier alpha value is -0.860. The highest BCUT2D eigenvalue weighted by Crippen LogP contribution is 2.38. The molecule has 0 spiro atoms. The van der Waals surface area contributed by atoms with E-state index in [4.69, 9.17) is 0 Å². The number of hydrogen-bond acceptors (Lipinski definition) is 2. The van der Waals surface area contributed by atoms with Gasteiger partial charge in [0.05, 0.1) is 6.10 Å². The summed E-state index contributed by atoms with van der Waals surface area (Å²) >= 11 is 0. The molecular formula is C16H23NO. The topological polar surface area (TPSA) is 23.5 Å². The summed E-state index contributed by atoms with van der Waals surface area (Å²) in [5.41, 5.74) is 2.48. The Morgan fingerprint density at radius 2 is 1.78 bits per heavy atom. The van der Waals surface area contributed by atoms with Crippen LogP contribution in [0.4, 0.5) is 0 Å². The predicted molar refractivity (Wildman–Crippen MR) is 73.5 cm³/mol. The Balaban J connectivity index is 1.86. The van der Waals surface area contributed by atoms with Crippen LogP contribution >= 0.6 is 0 Å². The van der Waals surface area contributed by atoms with Crippen LogP contribution in [0.3, 0.4) is 0 Å². The molecular weight excluding hydrogens is 222 g/mol. The fraction of sp³-hybridized carbons (Fsp3) is 0.625. The number of likely N-dealkylation sites (tertiary alicyclic amines) is 1. The molecule has 1 heterocycles. The minimum Gasteiger partial charge on any atom is -0.387 e. The zero-order chi connectivity index (χ0) is 12.7. The second-order valence-electron chi connectivity index (χ2n) is 5.99. The summed E-state index contributed by atoms with van der Waals surface area (Å²) in [4.78, 5) is 2.56. The molecule has 0 radical (unpaired) electrons. The van der Waals surface area contributed by atoms with Gasteiger partial charge in [-0.1, -0.05) is 30.7 Å². The van der Waals surface area contributed by atoms with Crippen molar-refractivity contribution in [2.45, 2.75) is 63.8 Å². The molecule has 3 rings (SSSR count). The molecule has 0 bridgehead atoms. The van der Waals surface area contributed by atoms with Crippen LogP contribution in [0.1, 0.15) is 50.3 Å². The lowest BCUT2D eigenvalue weighted by Crippen LogP contribution is -2.51. The second kappa shape index (κ2) is 4.67. The Labute approximate surface area is 110 Å². The highest BCUT2D eigenvalue weighted by molar-refractivity contribution is 5.36. The molecule has 2 nitrogen and oxygen atoms in total. The van der Waals surface area contributed by atoms with Crippen LogP contribution in [0, 0.1) is 0 Å². The van der Waals surface area contributed by atoms with Crippen molar-refractivity contribution in [3.8, 4) is 0 Å². The first-order valence-electron chi connectivity index (χ1n) is 7.22. The maximum atomic E-state index is 10.6. The predicted octanol–water partition coefficient (Wildman–Crippen LogP) is 2.91. The van der Waals surface area contributed by atoms with E-state index in [0.717, 1.165) is 12.0 Å². The molecule has 0 amide bonds. The van der Waals surface area contributed by atoms with E-state index in [1.807, 2.05) is 6.07 Å². The number of benzene rings is 1. The summed E-state index contributed by atoms with van der Waals surface area (Å²) in [6, 6.07) is 9.85. The molecule has 2 unspecified atom stereocenters. The SMILES string of the molecule is CC1CCCC(C)N1[C@H]1Cc2ccccc2[C@@H]1O. The number of piperidine rings is 1. The third-order valence-electron chi connectivity index (χ3n) is 4.81. The third kappa shape index (κ3) is 1.88. The Morgan fingerprint density at radius 3 is 2.44 bits per heavy atom. The van der Waals surface area contributed by atoms with Crippen molar-refractivity contribution in [1.82, 2.24) is 4.90 Å². The van der Waals surface area contributed by atoms with Gasteiger partial charge >= 0.3 is 0 Å². The van der Waals surface area contributed by atoms with Gasteiger partial charge in [0.25, 0.3) is 0 Å². The summed E-state index contributed by atoms with van der Waals surface area (Å²) in [5.74, 6) is 0. The summed E-state index contributed by atoms with van der Waals surface area (Å²) in [6.45, 7) is 4.62. The van der Waals surface area contributed by atoms with Gasteiger partial charge in [0, 0.05) is 18.1 Å². The highest BCUT2D eigenvalue weighted by Gasteiger charge is 2.39. The van der Waals surface area contributed by atoms with Crippen LogP contribution in [0.5, 0.6) is 0 Å². The van der Waals surface area contributed by atoms with Crippen molar-refractivity contribution >= 4 is 0 Å². The molecule has 1 aliphatic carbocycles. The fourth-order valence-corrected chi connectivity index (χ4v) is 3.92. The number of aliphatic hydroxyl groups is 1. The van der Waals surface area contributed by atoms with E-state index in [0.29, 0.717) is 12.1 Å². The largest absolute Gasteiger partial charge is 0.387 e. The Bertz CT molecular complexity index is 421. The Morgan fingerprint density at radius 1 is 1.11 bits per heavy atom. The second-order valence-corrected chi connectivity index (χ2v) is 5.99. The zero-order valence-corrected chi connectivity index (χ0v) is 11.3. The summed E-state index contributed by atoms with van der Waals surface area (Å²) in [6.07, 6.45) is 4.57. The molecule has 98 valence electrons. The monoisotopic (exact) mass is 245 g/mol. The van der Waals surface area contributed by atoms with Crippen molar-refractivity contribution in [3.05, 3.63) is 35.4 Å². The van der Waals surface area contributed by atoms with Gasteiger partial charge in [-0.15, -0.1) is 0 Å². The molecule has 2 aliphatic rings. The van der Waals surface area contributed by atoms with Gasteiger partial charge in [0.2, 0.25) is 0 Å². The van der Waals surface area contributed by atoms with Gasteiger partial charge in [-0.05, 0) is 44.2 Å². The van der Waals surface area contributed by atoms with Crippen LogP contribution in [0.2, 0.25) is 0 Å². The molecule has 1 saturated heterocycles. The van der Waals surface area contributed by atoms with Crippen LogP contribution in [-0.2, 0) is 6.42 Å². The lowest BCUT2D eigenvalue weighted by Gasteiger charge is -2.44. The molecule has 2 heteroatoms. The molecule has 1 fully saturated rings. The van der Waals surface area contributed by atoms with Crippen molar-refractivity contribution < 1.29 is 5.11 Å². The number of fused-ring (bicyclic) bond motifs is 1. The first-order valence-corrected chi connectivity index (χ1v) is 7.22. The van der Waals surface area contributed by atoms with Crippen molar-refractivity contribution in [2.24, 2.45) is 0 Å². The first-order chi connectivity index (χ1) is 8.68. The fourth-order valence-electron chi connectivity index (χ4n) is 3.92. The third-order valence-corrected chi connectivity index (χ3v) is 4.81. The first kappa shape index (κ1) is 12.2. The van der Waals surface area contributed by atoms with Crippen LogP contribution < -0.4 is 0 Å². The van der Waals surface area contributed by atoms with Gasteiger partial charge in [-0.2, -0.15) is 0 Å². The number of rotatable bonds is 1. The summed E-state index contributed by atoms with van der Waals surface area (Å²) < 4.78 is 0. The molecule has 1 aromatic carbocycles. The standard InChI is InChI=1S/C16H23NO/c1-11-6-5-7-12(2)17(11)15-10-13-8-3-4-9-14(13)16(15)18/h3-4,8-9,11-12,15-16,18H,5-7,10H2,1-2H3/t11?,12?,15-,16-/m0/s1. The van der Waals surface area contributed by atoms with Gasteiger partial charge in [-0.3, -0.25) is 4.90 Å². The molecule has 1 N–H and O–H groups in total. The van der Waals surface area contributed by atoms with Gasteiger partial charge < -0.3 is 5.11 Å². The van der Waals surface area contributed by atoms with Crippen molar-refractivity contribution in [3.63, 3.8) is 0 Å². The molecule has 0 saturated carbocycles. The van der Waals surface area contributed by atoms with E-state index >= 15 is 0 Å². The number of nitrogens with zero attached hydrogens (tertiary/aromatic N) is 1. The molecule has 1 aromatic rings. The number of aliphatic hydroxyl groups excluding tert-OH is 1. The molecule has 0 aromatic heterocycles. The van der Waals surface area contributed by atoms with Crippen molar-refractivity contribution in [2.75, 3.05) is 0 Å². The molecule has 18 heavy (non-hydrogen) atoms. The van der Waals surface area contributed by atoms with Gasteiger partial charge in [-0.25, -0.2) is 0 Å². The average Bonchev–Trinajstić information content (AvgIpc) is 2.68. The van der Waals surface area contributed by atoms with E-state index in [-0.39, 0.29) is 12.1 Å². The van der Waals surface area contributed by atoms with E-state index in [1.165, 1.54) is 24.8 Å². The minimum atomic E-state index is -0.302.